The van der Waals surface area contributed by atoms with Gasteiger partial charge in [-0.3, -0.25) is 4.79 Å². The van der Waals surface area contributed by atoms with Gasteiger partial charge in [-0.1, -0.05) is 36.4 Å². The van der Waals surface area contributed by atoms with E-state index in [2.05, 4.69) is 59.6 Å². The third-order valence-electron chi connectivity index (χ3n) is 6.37. The first-order valence-electron chi connectivity index (χ1n) is 11.0. The molecular formula is C26H29N3O2. The molecule has 0 unspecified atom stereocenters. The second kappa shape index (κ2) is 9.29. The summed E-state index contributed by atoms with van der Waals surface area (Å²) < 4.78 is 0. The van der Waals surface area contributed by atoms with Gasteiger partial charge in [-0.05, 0) is 79.8 Å². The van der Waals surface area contributed by atoms with Gasteiger partial charge >= 0.3 is 5.97 Å². The first kappa shape index (κ1) is 21.0. The monoisotopic (exact) mass is 415 g/mol. The molecule has 0 atom stereocenters. The number of benzene rings is 2. The van der Waals surface area contributed by atoms with Gasteiger partial charge in [0.25, 0.3) is 0 Å². The summed E-state index contributed by atoms with van der Waals surface area (Å²) in [5, 5.41) is 17.9. The fourth-order valence-electron chi connectivity index (χ4n) is 4.50. The van der Waals surface area contributed by atoms with Gasteiger partial charge in [0.1, 0.15) is 0 Å². The van der Waals surface area contributed by atoms with Gasteiger partial charge in [-0.15, -0.1) is 10.2 Å². The Hall–Kier alpha value is -3.21. The van der Waals surface area contributed by atoms with Gasteiger partial charge in [0.2, 0.25) is 0 Å². The Labute approximate surface area is 183 Å². The molecule has 0 spiro atoms. The van der Waals surface area contributed by atoms with Crippen LogP contribution in [0.25, 0.3) is 11.3 Å². The summed E-state index contributed by atoms with van der Waals surface area (Å²) in [6.45, 7) is 2.08. The molecule has 1 aromatic heterocycles. The lowest BCUT2D eigenvalue weighted by atomic mass is 9.77. The van der Waals surface area contributed by atoms with Crippen molar-refractivity contribution in [2.75, 3.05) is 11.9 Å². The molecular weight excluding hydrogens is 386 g/mol. The molecule has 5 nitrogen and oxygen atoms in total. The zero-order valence-corrected chi connectivity index (χ0v) is 18.2. The third kappa shape index (κ3) is 5.10. The summed E-state index contributed by atoms with van der Waals surface area (Å²) >= 11 is 0. The Morgan fingerprint density at radius 2 is 1.74 bits per heavy atom. The van der Waals surface area contributed by atoms with Gasteiger partial charge < -0.3 is 10.0 Å². The highest BCUT2D eigenvalue weighted by atomic mass is 16.4. The van der Waals surface area contributed by atoms with Gasteiger partial charge in [0, 0.05) is 24.7 Å². The van der Waals surface area contributed by atoms with Crippen LogP contribution in [0.15, 0.2) is 60.7 Å². The maximum Gasteiger partial charge on any atom is 0.303 e. The average Bonchev–Trinajstić information content (AvgIpc) is 2.79. The maximum atomic E-state index is 10.9. The van der Waals surface area contributed by atoms with Crippen LogP contribution in [-0.4, -0.2) is 28.3 Å². The number of aryl methyl sites for hydroxylation is 1. The van der Waals surface area contributed by atoms with Gasteiger partial charge in [0.15, 0.2) is 5.82 Å². The number of carboxylic acids is 1. The molecule has 1 saturated carbocycles. The number of rotatable bonds is 6. The van der Waals surface area contributed by atoms with E-state index >= 15 is 0 Å². The molecule has 1 heterocycles. The molecule has 1 N–H and O–H groups in total. The van der Waals surface area contributed by atoms with Crippen LogP contribution in [0.1, 0.15) is 49.1 Å². The van der Waals surface area contributed by atoms with Crippen molar-refractivity contribution >= 4 is 17.5 Å². The molecule has 4 rings (SSSR count). The second-order valence-corrected chi connectivity index (χ2v) is 8.61. The standard InChI is InChI=1S/C26H29N3O2/c1-18-4-3-5-23(16-18)29(2)25-15-14-24(27-28-25)22-12-10-21(11-13-22)20-8-6-19(7-9-20)17-26(30)31/h3-5,10-16,19-20H,6-9,17H2,1-2H3,(H,30,31). The molecule has 0 bridgehead atoms. The van der Waals surface area contributed by atoms with E-state index in [0.29, 0.717) is 18.3 Å². The molecule has 31 heavy (non-hydrogen) atoms. The first-order chi connectivity index (χ1) is 15.0. The highest BCUT2D eigenvalue weighted by molar-refractivity contribution is 5.67. The minimum Gasteiger partial charge on any atom is -0.481 e. The van der Waals surface area contributed by atoms with Crippen LogP contribution in [0.2, 0.25) is 0 Å². The molecule has 1 fully saturated rings. The van der Waals surface area contributed by atoms with Crippen molar-refractivity contribution in [3.05, 3.63) is 71.8 Å². The van der Waals surface area contributed by atoms with Crippen molar-refractivity contribution in [2.24, 2.45) is 5.92 Å². The van der Waals surface area contributed by atoms with E-state index in [4.69, 9.17) is 5.11 Å². The number of nitrogens with zero attached hydrogens (tertiary/aromatic N) is 3. The molecule has 0 aliphatic heterocycles. The molecule has 1 aliphatic rings. The highest BCUT2D eigenvalue weighted by Crippen LogP contribution is 2.37. The number of hydrogen-bond acceptors (Lipinski definition) is 4. The third-order valence-corrected chi connectivity index (χ3v) is 6.37. The Kier molecular flexibility index (Phi) is 6.31. The Balaban J connectivity index is 1.41. The predicted octanol–water partition coefficient (Wildman–Crippen LogP) is 5.97. The van der Waals surface area contributed by atoms with Gasteiger partial charge in [0.05, 0.1) is 5.69 Å². The Morgan fingerprint density at radius 3 is 2.35 bits per heavy atom. The quantitative estimate of drug-likeness (QED) is 0.537. The fourth-order valence-corrected chi connectivity index (χ4v) is 4.50. The Bertz CT molecular complexity index is 1020. The molecule has 0 radical (unpaired) electrons. The molecule has 3 aromatic rings. The summed E-state index contributed by atoms with van der Waals surface area (Å²) in [6, 6.07) is 20.9. The number of carboxylic acid groups (broad SMARTS) is 1. The van der Waals surface area contributed by atoms with Gasteiger partial charge in [-0.25, -0.2) is 0 Å². The van der Waals surface area contributed by atoms with Crippen molar-refractivity contribution in [2.45, 2.75) is 44.9 Å². The lowest BCUT2D eigenvalue weighted by Gasteiger charge is -2.28. The summed E-state index contributed by atoms with van der Waals surface area (Å²) in [5.74, 6) is 0.990. The molecule has 5 heteroatoms. The number of hydrogen-bond donors (Lipinski definition) is 1. The normalized spacial score (nSPS) is 18.5. The molecule has 0 saturated heterocycles. The van der Waals surface area contributed by atoms with Crippen LogP contribution in [0.5, 0.6) is 0 Å². The molecule has 2 aromatic carbocycles. The van der Waals surface area contributed by atoms with Crippen molar-refractivity contribution in [1.29, 1.82) is 0 Å². The van der Waals surface area contributed by atoms with Crippen LogP contribution >= 0.6 is 0 Å². The maximum absolute atomic E-state index is 10.9. The zero-order chi connectivity index (χ0) is 21.8. The predicted molar refractivity (Wildman–Crippen MR) is 124 cm³/mol. The zero-order valence-electron chi connectivity index (χ0n) is 18.2. The SMILES string of the molecule is Cc1cccc(N(C)c2ccc(-c3ccc(C4CCC(CC(=O)O)CC4)cc3)nn2)c1. The van der Waals surface area contributed by atoms with Crippen LogP contribution in [0, 0.1) is 12.8 Å². The van der Waals surface area contributed by atoms with E-state index in [1.165, 1.54) is 11.1 Å². The summed E-state index contributed by atoms with van der Waals surface area (Å²) in [6.07, 6.45) is 4.44. The average molecular weight is 416 g/mol. The van der Waals surface area contributed by atoms with Gasteiger partial charge in [-0.2, -0.15) is 0 Å². The van der Waals surface area contributed by atoms with E-state index in [1.54, 1.807) is 0 Å². The number of anilines is 2. The van der Waals surface area contributed by atoms with E-state index in [9.17, 15) is 4.79 Å². The lowest BCUT2D eigenvalue weighted by molar-refractivity contribution is -0.138. The number of aromatic nitrogens is 2. The van der Waals surface area contributed by atoms with Crippen LogP contribution in [0.3, 0.4) is 0 Å². The van der Waals surface area contributed by atoms with E-state index < -0.39 is 5.97 Å². The summed E-state index contributed by atoms with van der Waals surface area (Å²) in [7, 11) is 2.00. The smallest absolute Gasteiger partial charge is 0.303 e. The molecule has 1 aliphatic carbocycles. The van der Waals surface area contributed by atoms with Crippen LogP contribution in [0.4, 0.5) is 11.5 Å². The van der Waals surface area contributed by atoms with Crippen molar-refractivity contribution in [1.82, 2.24) is 10.2 Å². The second-order valence-electron chi connectivity index (χ2n) is 8.61. The first-order valence-corrected chi connectivity index (χ1v) is 11.0. The van der Waals surface area contributed by atoms with Crippen LogP contribution < -0.4 is 4.90 Å². The molecule has 0 amide bonds. The summed E-state index contributed by atoms with van der Waals surface area (Å²) in [5.41, 5.74) is 5.55. The number of carbonyl (C=O) groups is 1. The van der Waals surface area contributed by atoms with Crippen molar-refractivity contribution in [3.8, 4) is 11.3 Å². The van der Waals surface area contributed by atoms with E-state index in [0.717, 1.165) is 48.4 Å². The topological polar surface area (TPSA) is 66.3 Å². The molecule has 160 valence electrons. The Morgan fingerprint density at radius 1 is 1.00 bits per heavy atom. The van der Waals surface area contributed by atoms with Crippen molar-refractivity contribution in [3.63, 3.8) is 0 Å². The lowest BCUT2D eigenvalue weighted by Crippen LogP contribution is -2.16. The fraction of sp³-hybridized carbons (Fsp3) is 0.346. The summed E-state index contributed by atoms with van der Waals surface area (Å²) in [4.78, 5) is 13.0. The van der Waals surface area contributed by atoms with E-state index in [1.807, 2.05) is 30.1 Å². The minimum atomic E-state index is -0.676. The number of aliphatic carboxylic acids is 1. The van der Waals surface area contributed by atoms with E-state index in [-0.39, 0.29) is 0 Å². The largest absolute Gasteiger partial charge is 0.481 e. The minimum absolute atomic E-state index is 0.305. The van der Waals surface area contributed by atoms with Crippen LogP contribution in [-0.2, 0) is 4.79 Å². The van der Waals surface area contributed by atoms with Crippen molar-refractivity contribution < 1.29 is 9.90 Å². The highest BCUT2D eigenvalue weighted by Gasteiger charge is 2.24.